The number of nitrogens with zero attached hydrogens (tertiary/aromatic N) is 1. The van der Waals surface area contributed by atoms with E-state index in [1.54, 1.807) is 6.07 Å². The zero-order chi connectivity index (χ0) is 20.4. The quantitative estimate of drug-likeness (QED) is 0.320. The van der Waals surface area contributed by atoms with Crippen LogP contribution in [0.1, 0.15) is 47.5 Å². The molecule has 0 aliphatic heterocycles. The van der Waals surface area contributed by atoms with Crippen LogP contribution in [0.3, 0.4) is 0 Å². The van der Waals surface area contributed by atoms with Crippen molar-refractivity contribution in [1.82, 2.24) is 0 Å². The second kappa shape index (κ2) is 7.99. The number of non-ortho nitro benzene ring substituents is 1. The number of fused-ring (bicyclic) bond motifs is 1. The van der Waals surface area contributed by atoms with Gasteiger partial charge in [-0.15, -0.1) is 0 Å². The molecule has 1 aliphatic rings. The molecule has 3 aromatic carbocycles. The molecule has 2 atom stereocenters. The van der Waals surface area contributed by atoms with Crippen molar-refractivity contribution in [3.63, 3.8) is 0 Å². The van der Waals surface area contributed by atoms with Gasteiger partial charge in [-0.25, -0.2) is 9.18 Å². The highest BCUT2D eigenvalue weighted by Crippen LogP contribution is 2.40. The fourth-order valence-corrected chi connectivity index (χ4v) is 4.14. The normalized spacial score (nSPS) is 19.1. The molecule has 1 fully saturated rings. The zero-order valence-corrected chi connectivity index (χ0v) is 15.7. The van der Waals surface area contributed by atoms with Gasteiger partial charge in [-0.05, 0) is 48.2 Å². The molecule has 0 unspecified atom stereocenters. The maximum absolute atomic E-state index is 14.9. The second-order valence-corrected chi connectivity index (χ2v) is 7.32. The zero-order valence-electron chi connectivity index (χ0n) is 15.7. The monoisotopic (exact) mass is 393 g/mol. The van der Waals surface area contributed by atoms with E-state index >= 15 is 0 Å². The Balaban J connectivity index is 1.62. The van der Waals surface area contributed by atoms with Gasteiger partial charge in [0.1, 0.15) is 11.9 Å². The standard InChI is InChI=1S/C23H20FNO4/c24-20-14-11-15-5-1-2-6-18(15)22(20)19-7-3-4-8-21(19)29-23(26)16-9-12-17(13-10-16)25(27)28/h1-2,5-6,9-14,19,21H,3-4,7-8H2/t19-,21+/m1/s1. The molecule has 0 saturated heterocycles. The van der Waals surface area contributed by atoms with E-state index in [-0.39, 0.29) is 23.0 Å². The Labute approximate surface area is 167 Å². The Morgan fingerprint density at radius 3 is 2.48 bits per heavy atom. The summed E-state index contributed by atoms with van der Waals surface area (Å²) in [5.41, 5.74) is 0.762. The summed E-state index contributed by atoms with van der Waals surface area (Å²) in [5, 5.41) is 12.6. The van der Waals surface area contributed by atoms with Crippen LogP contribution in [-0.2, 0) is 4.74 Å². The molecular weight excluding hydrogens is 373 g/mol. The molecule has 29 heavy (non-hydrogen) atoms. The third-order valence-corrected chi connectivity index (χ3v) is 5.56. The van der Waals surface area contributed by atoms with Crippen molar-refractivity contribution in [1.29, 1.82) is 0 Å². The smallest absolute Gasteiger partial charge is 0.338 e. The molecule has 0 N–H and O–H groups in total. The molecule has 0 heterocycles. The van der Waals surface area contributed by atoms with Gasteiger partial charge in [0.25, 0.3) is 5.69 Å². The van der Waals surface area contributed by atoms with Crippen LogP contribution in [0.4, 0.5) is 10.1 Å². The third kappa shape index (κ3) is 3.83. The van der Waals surface area contributed by atoms with Gasteiger partial charge in [-0.1, -0.05) is 36.8 Å². The first kappa shape index (κ1) is 19.1. The van der Waals surface area contributed by atoms with E-state index < -0.39 is 17.0 Å². The molecule has 0 aromatic heterocycles. The van der Waals surface area contributed by atoms with Gasteiger partial charge in [-0.2, -0.15) is 0 Å². The van der Waals surface area contributed by atoms with Gasteiger partial charge in [0.05, 0.1) is 10.5 Å². The molecule has 6 heteroatoms. The average Bonchev–Trinajstić information content (AvgIpc) is 2.74. The maximum atomic E-state index is 14.9. The third-order valence-electron chi connectivity index (χ3n) is 5.56. The summed E-state index contributed by atoms with van der Waals surface area (Å²) in [7, 11) is 0. The van der Waals surface area contributed by atoms with Crippen molar-refractivity contribution in [2.24, 2.45) is 0 Å². The van der Waals surface area contributed by atoms with E-state index in [9.17, 15) is 19.3 Å². The molecular formula is C23H20FNO4. The van der Waals surface area contributed by atoms with Gasteiger partial charge in [0.2, 0.25) is 0 Å². The van der Waals surface area contributed by atoms with Crippen LogP contribution in [-0.4, -0.2) is 17.0 Å². The number of carbonyl (C=O) groups is 1. The molecule has 0 bridgehead atoms. The van der Waals surface area contributed by atoms with E-state index in [0.29, 0.717) is 12.0 Å². The van der Waals surface area contributed by atoms with Crippen LogP contribution in [0.15, 0.2) is 60.7 Å². The predicted molar refractivity (Wildman–Crippen MR) is 107 cm³/mol. The Hall–Kier alpha value is -3.28. The number of halogens is 1. The number of esters is 1. The van der Waals surface area contributed by atoms with Crippen LogP contribution in [0.25, 0.3) is 10.8 Å². The lowest BCUT2D eigenvalue weighted by molar-refractivity contribution is -0.384. The predicted octanol–water partition coefficient (Wildman–Crippen LogP) is 5.77. The first-order valence-corrected chi connectivity index (χ1v) is 9.67. The Kier molecular flexibility index (Phi) is 5.25. The topological polar surface area (TPSA) is 69.4 Å². The molecule has 0 amide bonds. The fourth-order valence-electron chi connectivity index (χ4n) is 4.14. The summed E-state index contributed by atoms with van der Waals surface area (Å²) in [6, 6.07) is 16.2. The number of benzene rings is 3. The number of hydrogen-bond acceptors (Lipinski definition) is 4. The van der Waals surface area contributed by atoms with Crippen molar-refractivity contribution in [3.05, 3.63) is 87.7 Å². The second-order valence-electron chi connectivity index (χ2n) is 7.32. The number of carbonyl (C=O) groups excluding carboxylic acids is 1. The highest BCUT2D eigenvalue weighted by molar-refractivity contribution is 5.90. The van der Waals surface area contributed by atoms with E-state index in [4.69, 9.17) is 4.74 Å². The van der Waals surface area contributed by atoms with E-state index in [0.717, 1.165) is 30.0 Å². The maximum Gasteiger partial charge on any atom is 0.338 e. The molecule has 1 saturated carbocycles. The average molecular weight is 393 g/mol. The summed E-state index contributed by atoms with van der Waals surface area (Å²) in [5.74, 6) is -1.05. The minimum absolute atomic E-state index is 0.0880. The molecule has 0 radical (unpaired) electrons. The largest absolute Gasteiger partial charge is 0.458 e. The van der Waals surface area contributed by atoms with Crippen molar-refractivity contribution >= 4 is 22.4 Å². The number of nitro benzene ring substituents is 1. The van der Waals surface area contributed by atoms with E-state index in [2.05, 4.69) is 0 Å². The number of ether oxygens (including phenoxy) is 1. The summed E-state index contributed by atoms with van der Waals surface area (Å²) in [4.78, 5) is 22.9. The van der Waals surface area contributed by atoms with Crippen LogP contribution < -0.4 is 0 Å². The van der Waals surface area contributed by atoms with Gasteiger partial charge in [0, 0.05) is 23.6 Å². The summed E-state index contributed by atoms with van der Waals surface area (Å²) in [6.45, 7) is 0. The molecule has 0 spiro atoms. The number of hydrogen-bond donors (Lipinski definition) is 0. The Morgan fingerprint density at radius 1 is 1.00 bits per heavy atom. The number of nitro groups is 1. The molecule has 148 valence electrons. The highest BCUT2D eigenvalue weighted by Gasteiger charge is 2.33. The van der Waals surface area contributed by atoms with Crippen LogP contribution in [0, 0.1) is 15.9 Å². The van der Waals surface area contributed by atoms with Crippen LogP contribution in [0.2, 0.25) is 0 Å². The Morgan fingerprint density at radius 2 is 1.72 bits per heavy atom. The van der Waals surface area contributed by atoms with Gasteiger partial charge in [-0.3, -0.25) is 10.1 Å². The first-order valence-electron chi connectivity index (χ1n) is 9.67. The highest BCUT2D eigenvalue weighted by atomic mass is 19.1. The minimum atomic E-state index is -0.544. The Bertz CT molecular complexity index is 1060. The van der Waals surface area contributed by atoms with Crippen LogP contribution in [0.5, 0.6) is 0 Å². The molecule has 1 aliphatic carbocycles. The summed E-state index contributed by atoms with van der Waals surface area (Å²) >= 11 is 0. The van der Waals surface area contributed by atoms with E-state index in [1.165, 1.54) is 30.3 Å². The van der Waals surface area contributed by atoms with Gasteiger partial charge >= 0.3 is 5.97 Å². The van der Waals surface area contributed by atoms with E-state index in [1.807, 2.05) is 24.3 Å². The molecule has 4 rings (SSSR count). The van der Waals surface area contributed by atoms with Crippen molar-refractivity contribution in [3.8, 4) is 0 Å². The van der Waals surface area contributed by atoms with Crippen LogP contribution >= 0.6 is 0 Å². The van der Waals surface area contributed by atoms with Gasteiger partial charge in [0.15, 0.2) is 0 Å². The van der Waals surface area contributed by atoms with Crippen molar-refractivity contribution in [2.45, 2.75) is 37.7 Å². The van der Waals surface area contributed by atoms with Crippen molar-refractivity contribution in [2.75, 3.05) is 0 Å². The molecule has 5 nitrogen and oxygen atoms in total. The lowest BCUT2D eigenvalue weighted by Gasteiger charge is -2.32. The molecule has 3 aromatic rings. The van der Waals surface area contributed by atoms with Crippen molar-refractivity contribution < 1.29 is 18.8 Å². The minimum Gasteiger partial charge on any atom is -0.458 e. The SMILES string of the molecule is O=C(O[C@H]1CCCC[C@H]1c1c(F)ccc2ccccc12)c1ccc([N+](=O)[O-])cc1. The summed E-state index contributed by atoms with van der Waals surface area (Å²) in [6.07, 6.45) is 2.81. The van der Waals surface area contributed by atoms with Gasteiger partial charge < -0.3 is 4.74 Å². The lowest BCUT2D eigenvalue weighted by Crippen LogP contribution is -2.29. The summed E-state index contributed by atoms with van der Waals surface area (Å²) < 4.78 is 20.6. The fraction of sp³-hybridized carbons (Fsp3) is 0.261. The number of rotatable bonds is 4. The first-order chi connectivity index (χ1) is 14.0. The lowest BCUT2D eigenvalue weighted by atomic mass is 9.79.